The van der Waals surface area contributed by atoms with E-state index in [0.717, 1.165) is 50.1 Å². The van der Waals surface area contributed by atoms with Crippen molar-refractivity contribution in [1.29, 1.82) is 0 Å². The molecule has 1 amide bonds. The third kappa shape index (κ3) is 6.75. The molecule has 36 heavy (non-hydrogen) atoms. The van der Waals surface area contributed by atoms with Crippen LogP contribution in [0.25, 0.3) is 5.57 Å². The molecule has 0 aliphatic heterocycles. The summed E-state index contributed by atoms with van der Waals surface area (Å²) in [6, 6.07) is 4.17. The van der Waals surface area contributed by atoms with Crippen LogP contribution in [-0.2, 0) is 27.5 Å². The summed E-state index contributed by atoms with van der Waals surface area (Å²) in [6.07, 6.45) is 4.95. The van der Waals surface area contributed by atoms with Crippen LogP contribution in [0.2, 0.25) is 0 Å². The number of pyridine rings is 1. The molecule has 1 aromatic heterocycles. The van der Waals surface area contributed by atoms with Crippen LogP contribution in [-0.4, -0.2) is 31.6 Å². The third-order valence-corrected chi connectivity index (χ3v) is 6.10. The molecule has 192 valence electrons. The van der Waals surface area contributed by atoms with Gasteiger partial charge in [-0.2, -0.15) is 13.2 Å². The summed E-state index contributed by atoms with van der Waals surface area (Å²) in [5.41, 5.74) is -1.35. The molecule has 0 spiro atoms. The molecule has 1 heterocycles. The molecular weight excluding hydrogens is 500 g/mol. The zero-order valence-electron chi connectivity index (χ0n) is 19.3. The molecule has 1 saturated carbocycles. The van der Waals surface area contributed by atoms with Crippen molar-refractivity contribution in [2.24, 2.45) is 0 Å². The van der Waals surface area contributed by atoms with Gasteiger partial charge in [0.2, 0.25) is 10.0 Å². The number of amides is 1. The van der Waals surface area contributed by atoms with E-state index in [-0.39, 0.29) is 40.7 Å². The first-order valence-corrected chi connectivity index (χ1v) is 12.8. The van der Waals surface area contributed by atoms with Crippen LogP contribution >= 0.6 is 0 Å². The highest BCUT2D eigenvalue weighted by atomic mass is 32.2. The number of nitrogens with zero attached hydrogens (tertiary/aromatic N) is 1. The van der Waals surface area contributed by atoms with E-state index in [4.69, 9.17) is 6.42 Å². The molecular formula is C24H24F4N4O3S. The fraction of sp³-hybridized carbons (Fsp3) is 0.333. The van der Waals surface area contributed by atoms with Crippen LogP contribution in [0.5, 0.6) is 0 Å². The number of alkyl halides is 3. The fourth-order valence-electron chi connectivity index (χ4n) is 3.81. The first-order chi connectivity index (χ1) is 16.8. The maximum Gasteiger partial charge on any atom is 0.433 e. The van der Waals surface area contributed by atoms with Gasteiger partial charge in [-0.05, 0) is 42.7 Å². The number of carbonyl (C=O) groups is 1. The average molecular weight is 525 g/mol. The van der Waals surface area contributed by atoms with Gasteiger partial charge < -0.3 is 10.6 Å². The number of sulfonamides is 1. The van der Waals surface area contributed by atoms with Gasteiger partial charge in [0.1, 0.15) is 17.3 Å². The van der Waals surface area contributed by atoms with Crippen molar-refractivity contribution in [1.82, 2.24) is 10.3 Å². The lowest BCUT2D eigenvalue weighted by Gasteiger charge is -2.19. The predicted octanol–water partition coefficient (Wildman–Crippen LogP) is 4.28. The standard InChI is InChI=1S/C24H24F4N4O3S/c1-4-16-11-15(12-19(25)21(16)32-36(3,34)35)13-29-23(33)14(2)18-9-10-20(24(26,27)28)31-22(18)30-17-7-5-6-8-17/h1,9-12,17,32H,2,5-8,13H2,3H3,(H,29,33)(H,30,31). The number of aromatic nitrogens is 1. The number of nitrogens with one attached hydrogen (secondary N) is 3. The van der Waals surface area contributed by atoms with Crippen molar-refractivity contribution in [2.75, 3.05) is 16.3 Å². The Kier molecular flexibility index (Phi) is 7.93. The van der Waals surface area contributed by atoms with E-state index in [9.17, 15) is 30.8 Å². The Balaban J connectivity index is 1.80. The van der Waals surface area contributed by atoms with Crippen LogP contribution in [0.4, 0.5) is 29.1 Å². The smallest absolute Gasteiger partial charge is 0.367 e. The number of rotatable bonds is 8. The molecule has 0 atom stereocenters. The number of terminal acetylenes is 1. The monoisotopic (exact) mass is 524 g/mol. The zero-order valence-corrected chi connectivity index (χ0v) is 20.1. The van der Waals surface area contributed by atoms with Gasteiger partial charge in [0.25, 0.3) is 5.91 Å². The van der Waals surface area contributed by atoms with E-state index in [1.54, 1.807) is 0 Å². The normalized spacial score (nSPS) is 14.2. The lowest BCUT2D eigenvalue weighted by atomic mass is 10.1. The van der Waals surface area contributed by atoms with Crippen LogP contribution < -0.4 is 15.4 Å². The third-order valence-electron chi connectivity index (χ3n) is 5.53. The van der Waals surface area contributed by atoms with Gasteiger partial charge in [0.05, 0.1) is 17.5 Å². The fourth-order valence-corrected chi connectivity index (χ4v) is 4.39. The number of carbonyl (C=O) groups excluding carboxylic acids is 1. The average Bonchev–Trinajstić information content (AvgIpc) is 3.30. The van der Waals surface area contributed by atoms with Crippen molar-refractivity contribution in [3.8, 4) is 12.3 Å². The summed E-state index contributed by atoms with van der Waals surface area (Å²) < 4.78 is 79.1. The molecule has 7 nitrogen and oxygen atoms in total. The molecule has 2 aromatic rings. The van der Waals surface area contributed by atoms with Gasteiger partial charge in [0.15, 0.2) is 0 Å². The Hall–Kier alpha value is -3.59. The maximum atomic E-state index is 14.5. The predicted molar refractivity (Wildman–Crippen MR) is 129 cm³/mol. The number of hydrogen-bond donors (Lipinski definition) is 3. The molecule has 3 N–H and O–H groups in total. The molecule has 0 bridgehead atoms. The lowest BCUT2D eigenvalue weighted by molar-refractivity contribution is -0.141. The summed E-state index contributed by atoms with van der Waals surface area (Å²) in [4.78, 5) is 16.5. The van der Waals surface area contributed by atoms with Crippen molar-refractivity contribution < 1.29 is 30.8 Å². The van der Waals surface area contributed by atoms with E-state index >= 15 is 0 Å². The van der Waals surface area contributed by atoms with Crippen molar-refractivity contribution in [3.63, 3.8) is 0 Å². The second-order valence-corrected chi connectivity index (χ2v) is 10.1. The van der Waals surface area contributed by atoms with Crippen LogP contribution in [0.3, 0.4) is 0 Å². The molecule has 0 radical (unpaired) electrons. The maximum absolute atomic E-state index is 14.5. The highest BCUT2D eigenvalue weighted by Gasteiger charge is 2.34. The van der Waals surface area contributed by atoms with Gasteiger partial charge >= 0.3 is 6.18 Å². The van der Waals surface area contributed by atoms with Crippen molar-refractivity contribution in [3.05, 3.63) is 59.0 Å². The van der Waals surface area contributed by atoms with E-state index in [0.29, 0.717) is 0 Å². The number of halogens is 4. The van der Waals surface area contributed by atoms with Gasteiger partial charge in [-0.3, -0.25) is 9.52 Å². The number of benzene rings is 1. The van der Waals surface area contributed by atoms with E-state index in [1.807, 2.05) is 4.72 Å². The topological polar surface area (TPSA) is 100 Å². The summed E-state index contributed by atoms with van der Waals surface area (Å²) in [6.45, 7) is 3.51. The van der Waals surface area contributed by atoms with E-state index < -0.39 is 39.3 Å². The number of hydrogen-bond acceptors (Lipinski definition) is 5. The first-order valence-electron chi connectivity index (χ1n) is 10.9. The SMILES string of the molecule is C#Cc1cc(CNC(=O)C(=C)c2ccc(C(F)(F)F)nc2NC2CCCC2)cc(F)c1NS(C)(=O)=O. The Bertz CT molecular complexity index is 1330. The molecule has 0 saturated heterocycles. The molecule has 1 fully saturated rings. The van der Waals surface area contributed by atoms with Gasteiger partial charge in [-0.1, -0.05) is 25.3 Å². The van der Waals surface area contributed by atoms with E-state index in [1.165, 1.54) is 6.07 Å². The minimum absolute atomic E-state index is 0.0696. The van der Waals surface area contributed by atoms with Crippen molar-refractivity contribution in [2.45, 2.75) is 44.4 Å². The number of anilines is 2. The summed E-state index contributed by atoms with van der Waals surface area (Å²) in [7, 11) is -3.79. The van der Waals surface area contributed by atoms with Crippen LogP contribution in [0.1, 0.15) is 48.1 Å². The Morgan fingerprint density at radius 1 is 1.25 bits per heavy atom. The second-order valence-electron chi connectivity index (χ2n) is 8.40. The van der Waals surface area contributed by atoms with Gasteiger partial charge in [-0.15, -0.1) is 6.42 Å². The minimum atomic E-state index is -4.66. The molecule has 1 aliphatic rings. The van der Waals surface area contributed by atoms with Gasteiger partial charge in [-0.25, -0.2) is 17.8 Å². The molecule has 0 unspecified atom stereocenters. The highest BCUT2D eigenvalue weighted by Crippen LogP contribution is 2.33. The first kappa shape index (κ1) is 27.0. The Morgan fingerprint density at radius 3 is 2.50 bits per heavy atom. The van der Waals surface area contributed by atoms with Crippen LogP contribution in [0, 0.1) is 18.2 Å². The summed E-state index contributed by atoms with van der Waals surface area (Å²) >= 11 is 0. The Labute approximate surface area is 206 Å². The Morgan fingerprint density at radius 2 is 1.92 bits per heavy atom. The lowest BCUT2D eigenvalue weighted by Crippen LogP contribution is -2.25. The molecule has 12 heteroatoms. The quantitative estimate of drug-likeness (QED) is 0.272. The molecule has 3 rings (SSSR count). The zero-order chi connectivity index (χ0) is 26.7. The highest BCUT2D eigenvalue weighted by molar-refractivity contribution is 7.92. The summed E-state index contributed by atoms with van der Waals surface area (Å²) in [5.74, 6) is 0.448. The van der Waals surface area contributed by atoms with Crippen LogP contribution in [0.15, 0.2) is 30.8 Å². The minimum Gasteiger partial charge on any atom is -0.367 e. The molecule has 1 aromatic carbocycles. The largest absolute Gasteiger partial charge is 0.433 e. The van der Waals surface area contributed by atoms with Crippen molar-refractivity contribution >= 4 is 33.0 Å². The van der Waals surface area contributed by atoms with E-state index in [2.05, 4.69) is 28.1 Å². The van der Waals surface area contributed by atoms with Gasteiger partial charge in [0, 0.05) is 23.7 Å². The summed E-state index contributed by atoms with van der Waals surface area (Å²) in [5, 5.41) is 5.52. The molecule has 1 aliphatic carbocycles. The second kappa shape index (κ2) is 10.6.